The van der Waals surface area contributed by atoms with Crippen molar-refractivity contribution in [2.45, 2.75) is 6.04 Å². The van der Waals surface area contributed by atoms with Gasteiger partial charge >= 0.3 is 0 Å². The summed E-state index contributed by atoms with van der Waals surface area (Å²) in [6.45, 7) is 7.98. The summed E-state index contributed by atoms with van der Waals surface area (Å²) in [7, 11) is 0. The molecule has 4 aliphatic rings. The predicted octanol–water partition coefficient (Wildman–Crippen LogP) is 21.5. The van der Waals surface area contributed by atoms with Crippen LogP contribution in [0.3, 0.4) is 0 Å². The molecule has 0 aromatic heterocycles. The second-order valence-corrected chi connectivity index (χ2v) is 22.6. The Kier molecular flexibility index (Phi) is 12.1. The highest BCUT2D eigenvalue weighted by molar-refractivity contribution is 5.98. The summed E-state index contributed by atoms with van der Waals surface area (Å²) in [5.41, 5.74) is 21.3. The van der Waals surface area contributed by atoms with Crippen LogP contribution in [0.1, 0.15) is 5.56 Å². The number of nitriles is 1. The van der Waals surface area contributed by atoms with Crippen LogP contribution < -0.4 is 9.80 Å². The van der Waals surface area contributed by atoms with Gasteiger partial charge in [-0.2, -0.15) is 5.26 Å². The molecule has 400 valence electrons. The van der Waals surface area contributed by atoms with Crippen LogP contribution in [0.2, 0.25) is 0 Å². The fraction of sp³-hybridized carbons (Fsp3) is 0.0244. The Morgan fingerprint density at radius 1 is 0.407 bits per heavy atom. The molecule has 0 fully saturated rings. The molecule has 4 nitrogen and oxygen atoms in total. The number of fused-ring (bicyclic) bond motifs is 4. The Bertz CT molecular complexity index is 5140. The van der Waals surface area contributed by atoms with E-state index in [1.165, 1.54) is 71.0 Å². The van der Waals surface area contributed by atoms with E-state index in [2.05, 4.69) is 300 Å². The van der Waals surface area contributed by atoms with Gasteiger partial charge in [0.05, 0.1) is 35.6 Å². The second-order valence-electron chi connectivity index (χ2n) is 22.6. The minimum atomic E-state index is -0.244. The lowest BCUT2D eigenvalue weighted by Gasteiger charge is -2.44. The van der Waals surface area contributed by atoms with E-state index in [4.69, 9.17) is 6.57 Å². The van der Waals surface area contributed by atoms with Crippen LogP contribution in [-0.4, -0.2) is 6.04 Å². The highest BCUT2D eigenvalue weighted by Gasteiger charge is 2.40. The SMILES string of the molecule is [C-]#[N+]c1ccc(N(C2=C3C=CC4=C5C(=CC=C(C=C2)C35)C(N(c2ccc(C#N)cc2)c2ccc(-c3ccc5ccccc5c3)cc2-c2ccc3ccccc3c2)C=C4)c2ccc(-c3ccc4ccccc4c3)cc2-c2ccc3ccccc3c2)cc1. The van der Waals surface area contributed by atoms with Crippen LogP contribution >= 0.6 is 0 Å². The zero-order chi connectivity index (χ0) is 57.2. The van der Waals surface area contributed by atoms with Gasteiger partial charge in [-0.25, -0.2) is 4.85 Å². The first-order valence-electron chi connectivity index (χ1n) is 29.3. The molecule has 0 bridgehead atoms. The quantitative estimate of drug-likeness (QED) is 0.128. The Labute approximate surface area is 500 Å². The average molecular weight is 1090 g/mol. The lowest BCUT2D eigenvalue weighted by atomic mass is 9.67. The van der Waals surface area contributed by atoms with E-state index in [0.29, 0.717) is 11.3 Å². The van der Waals surface area contributed by atoms with Crippen molar-refractivity contribution in [3.63, 3.8) is 0 Å². The van der Waals surface area contributed by atoms with E-state index >= 15 is 0 Å². The molecule has 12 aromatic carbocycles. The summed E-state index contributed by atoms with van der Waals surface area (Å²) >= 11 is 0. The number of allylic oxidation sites excluding steroid dienone is 10. The molecular weight excluding hydrogens is 1040 g/mol. The third-order valence-corrected chi connectivity index (χ3v) is 17.8. The van der Waals surface area contributed by atoms with Gasteiger partial charge in [0.1, 0.15) is 0 Å². The first kappa shape index (κ1) is 50.2. The fourth-order valence-corrected chi connectivity index (χ4v) is 13.5. The van der Waals surface area contributed by atoms with Crippen LogP contribution in [0.4, 0.5) is 28.4 Å². The standard InChI is InChI=1S/C82H52N4/c1-84-70-34-38-72(39-35-70)86(80-45-33-67(65-25-21-55-11-3-7-15-61(55)47-65)51-76(80)69-27-23-57-13-5-9-17-63(57)49-69)78-43-31-59-28-40-73-77(42-30-58-29-41-74(78)82(59)81(58)73)85(71-36-18-53(52-83)19-37-71)79-44-32-66(64-24-20-54-10-2-6-14-60(54)46-64)50-75(79)68-26-22-56-12-4-8-16-62(56)48-68/h2-51,77,82H. The highest BCUT2D eigenvalue weighted by atomic mass is 15.2. The van der Waals surface area contributed by atoms with E-state index in [-0.39, 0.29) is 12.0 Å². The minimum absolute atomic E-state index is 0.0912. The molecule has 16 rings (SSSR count). The van der Waals surface area contributed by atoms with Gasteiger partial charge < -0.3 is 9.80 Å². The summed E-state index contributed by atoms with van der Waals surface area (Å²) < 4.78 is 0. The molecule has 0 radical (unpaired) electrons. The summed E-state index contributed by atoms with van der Waals surface area (Å²) in [5, 5.41) is 19.7. The smallest absolute Gasteiger partial charge is 0.187 e. The van der Waals surface area contributed by atoms with Crippen LogP contribution in [-0.2, 0) is 0 Å². The zero-order valence-electron chi connectivity index (χ0n) is 46.8. The molecule has 4 heteroatoms. The van der Waals surface area contributed by atoms with E-state index in [9.17, 15) is 5.26 Å². The topological polar surface area (TPSA) is 34.6 Å². The largest absolute Gasteiger partial charge is 0.330 e. The summed E-state index contributed by atoms with van der Waals surface area (Å²) in [4.78, 5) is 8.75. The fourth-order valence-electron chi connectivity index (χ4n) is 13.5. The molecule has 0 saturated carbocycles. The minimum Gasteiger partial charge on any atom is -0.330 e. The molecule has 0 saturated heterocycles. The normalized spacial score (nSPS) is 15.6. The van der Waals surface area contributed by atoms with Crippen molar-refractivity contribution < 1.29 is 0 Å². The Morgan fingerprint density at radius 3 is 1.43 bits per heavy atom. The van der Waals surface area contributed by atoms with Crippen molar-refractivity contribution >= 4 is 71.5 Å². The van der Waals surface area contributed by atoms with Crippen LogP contribution in [0.15, 0.2) is 337 Å². The summed E-state index contributed by atoms with van der Waals surface area (Å²) in [6, 6.07) is 93.5. The number of benzene rings is 12. The van der Waals surface area contributed by atoms with Crippen LogP contribution in [0.5, 0.6) is 0 Å². The van der Waals surface area contributed by atoms with Gasteiger partial charge in [0.25, 0.3) is 0 Å². The van der Waals surface area contributed by atoms with Crippen LogP contribution in [0.25, 0.3) is 92.4 Å². The molecule has 86 heavy (non-hydrogen) atoms. The number of rotatable bonds is 10. The molecule has 0 spiro atoms. The average Bonchev–Trinajstić information content (AvgIpc) is 1.09. The molecule has 4 aliphatic carbocycles. The number of hydrogen-bond donors (Lipinski definition) is 0. The van der Waals surface area contributed by atoms with Gasteiger partial charge in [0.2, 0.25) is 0 Å². The van der Waals surface area contributed by atoms with E-state index in [0.717, 1.165) is 73.0 Å². The third-order valence-electron chi connectivity index (χ3n) is 17.8. The molecule has 0 heterocycles. The van der Waals surface area contributed by atoms with Gasteiger partial charge in [-0.05, 0) is 195 Å². The van der Waals surface area contributed by atoms with E-state index in [1.807, 2.05) is 24.3 Å². The highest BCUT2D eigenvalue weighted by Crippen LogP contribution is 2.54. The second kappa shape index (κ2) is 20.7. The monoisotopic (exact) mass is 1090 g/mol. The van der Waals surface area contributed by atoms with Gasteiger partial charge in [0, 0.05) is 34.1 Å². The molecule has 0 amide bonds. The Hall–Kier alpha value is -11.6. The van der Waals surface area contributed by atoms with Crippen molar-refractivity contribution in [1.29, 1.82) is 5.26 Å². The third kappa shape index (κ3) is 8.68. The van der Waals surface area contributed by atoms with Crippen molar-refractivity contribution in [3.05, 3.63) is 354 Å². The van der Waals surface area contributed by atoms with Crippen molar-refractivity contribution in [2.75, 3.05) is 9.80 Å². The van der Waals surface area contributed by atoms with Crippen molar-refractivity contribution in [1.82, 2.24) is 0 Å². The number of anilines is 4. The van der Waals surface area contributed by atoms with Crippen molar-refractivity contribution in [2.24, 2.45) is 5.92 Å². The molecular formula is C82H52N4. The van der Waals surface area contributed by atoms with E-state index in [1.54, 1.807) is 0 Å². The lowest BCUT2D eigenvalue weighted by Crippen LogP contribution is -2.37. The molecule has 2 unspecified atom stereocenters. The maximum atomic E-state index is 10.1. The summed E-state index contributed by atoms with van der Waals surface area (Å²) in [6.07, 6.45) is 18.6. The first-order chi connectivity index (χ1) is 42.5. The van der Waals surface area contributed by atoms with Gasteiger partial charge in [0.15, 0.2) is 5.69 Å². The predicted molar refractivity (Wildman–Crippen MR) is 358 cm³/mol. The maximum absolute atomic E-state index is 10.1. The van der Waals surface area contributed by atoms with Gasteiger partial charge in [-0.3, -0.25) is 0 Å². The Morgan fingerprint density at radius 2 is 0.884 bits per heavy atom. The lowest BCUT2D eigenvalue weighted by molar-refractivity contribution is 0.773. The molecule has 0 aliphatic heterocycles. The molecule has 12 aromatic rings. The zero-order valence-corrected chi connectivity index (χ0v) is 46.8. The van der Waals surface area contributed by atoms with Crippen molar-refractivity contribution in [3.8, 4) is 50.6 Å². The summed E-state index contributed by atoms with van der Waals surface area (Å²) in [5.74, 6) is -0.0912. The maximum Gasteiger partial charge on any atom is 0.187 e. The molecule has 2 atom stereocenters. The number of nitrogens with zero attached hydrogens (tertiary/aromatic N) is 4. The van der Waals surface area contributed by atoms with Crippen LogP contribution in [0, 0.1) is 23.8 Å². The van der Waals surface area contributed by atoms with Gasteiger partial charge in [-0.1, -0.05) is 212 Å². The first-order valence-corrected chi connectivity index (χ1v) is 29.3. The van der Waals surface area contributed by atoms with Gasteiger partial charge in [-0.15, -0.1) is 0 Å². The molecule has 0 N–H and O–H groups in total. The Balaban J connectivity index is 0.862. The van der Waals surface area contributed by atoms with E-state index < -0.39 is 0 Å². The number of hydrogen-bond acceptors (Lipinski definition) is 3.